The van der Waals surface area contributed by atoms with Crippen LogP contribution in [0.25, 0.3) is 0 Å². The first-order valence-corrected chi connectivity index (χ1v) is 7.12. The van der Waals surface area contributed by atoms with Crippen LogP contribution in [0.4, 0.5) is 5.69 Å². The van der Waals surface area contributed by atoms with Crippen molar-refractivity contribution in [2.75, 3.05) is 12.3 Å². The van der Waals surface area contributed by atoms with Crippen molar-refractivity contribution >= 4 is 23.4 Å². The molecule has 1 aromatic heterocycles. The standard InChI is InChI=1S/C14H17N3O2S/c1-4-16-13(18)11-6-5-10(15)7-12(11)20-14-17-8(2)9(3)19-14/h5-7H,4,15H2,1-3H3,(H,16,18). The van der Waals surface area contributed by atoms with Crippen LogP contribution in [0.15, 0.2) is 32.7 Å². The van der Waals surface area contributed by atoms with E-state index in [9.17, 15) is 4.79 Å². The van der Waals surface area contributed by atoms with Gasteiger partial charge in [0.05, 0.1) is 11.3 Å². The summed E-state index contributed by atoms with van der Waals surface area (Å²) in [6, 6.07) is 5.18. The fraction of sp³-hybridized carbons (Fsp3) is 0.286. The number of anilines is 1. The van der Waals surface area contributed by atoms with Crippen LogP contribution < -0.4 is 11.1 Å². The third-order valence-corrected chi connectivity index (χ3v) is 3.70. The van der Waals surface area contributed by atoms with Crippen molar-refractivity contribution in [3.8, 4) is 0 Å². The molecule has 1 aromatic carbocycles. The number of aryl methyl sites for hydroxylation is 2. The summed E-state index contributed by atoms with van der Waals surface area (Å²) in [5, 5.41) is 3.29. The average Bonchev–Trinajstić information content (AvgIpc) is 2.68. The number of carbonyl (C=O) groups is 1. The van der Waals surface area contributed by atoms with Crippen LogP contribution in [0.2, 0.25) is 0 Å². The third-order valence-electron chi connectivity index (χ3n) is 2.79. The molecule has 0 saturated heterocycles. The Bertz CT molecular complexity index is 618. The summed E-state index contributed by atoms with van der Waals surface area (Å²) in [6.45, 7) is 6.19. The molecule has 0 fully saturated rings. The quantitative estimate of drug-likeness (QED) is 0.847. The third kappa shape index (κ3) is 3.14. The van der Waals surface area contributed by atoms with Gasteiger partial charge in [-0.2, -0.15) is 0 Å². The van der Waals surface area contributed by atoms with E-state index in [2.05, 4.69) is 10.3 Å². The van der Waals surface area contributed by atoms with Gasteiger partial charge in [0, 0.05) is 17.1 Å². The Balaban J connectivity index is 2.34. The minimum absolute atomic E-state index is 0.130. The molecule has 5 nitrogen and oxygen atoms in total. The maximum Gasteiger partial charge on any atom is 0.261 e. The number of benzene rings is 1. The van der Waals surface area contributed by atoms with Crippen LogP contribution in [0, 0.1) is 13.8 Å². The van der Waals surface area contributed by atoms with Crippen LogP contribution in [0.5, 0.6) is 0 Å². The minimum atomic E-state index is -0.130. The second-order valence-electron chi connectivity index (χ2n) is 4.34. The van der Waals surface area contributed by atoms with Crippen molar-refractivity contribution in [3.63, 3.8) is 0 Å². The lowest BCUT2D eigenvalue weighted by atomic mass is 10.2. The highest BCUT2D eigenvalue weighted by molar-refractivity contribution is 7.99. The Kier molecular flexibility index (Phi) is 4.34. The Labute approximate surface area is 122 Å². The Hall–Kier alpha value is -1.95. The molecule has 106 valence electrons. The molecule has 0 bridgehead atoms. The first-order valence-electron chi connectivity index (χ1n) is 6.31. The summed E-state index contributed by atoms with van der Waals surface area (Å²) in [6.07, 6.45) is 0. The smallest absolute Gasteiger partial charge is 0.261 e. The molecular formula is C14H17N3O2S. The molecule has 3 N–H and O–H groups in total. The van der Waals surface area contributed by atoms with Crippen molar-refractivity contribution in [1.29, 1.82) is 0 Å². The van der Waals surface area contributed by atoms with E-state index in [1.54, 1.807) is 18.2 Å². The summed E-state index contributed by atoms with van der Waals surface area (Å²) < 4.78 is 5.53. The van der Waals surface area contributed by atoms with E-state index in [0.717, 1.165) is 16.3 Å². The topological polar surface area (TPSA) is 81.2 Å². The lowest BCUT2D eigenvalue weighted by Crippen LogP contribution is -2.23. The lowest BCUT2D eigenvalue weighted by molar-refractivity contribution is 0.0953. The molecule has 0 radical (unpaired) electrons. The SMILES string of the molecule is CCNC(=O)c1ccc(N)cc1Sc1nc(C)c(C)o1. The normalized spacial score (nSPS) is 10.6. The summed E-state index contributed by atoms with van der Waals surface area (Å²) >= 11 is 1.30. The molecule has 0 saturated carbocycles. The maximum absolute atomic E-state index is 12.0. The van der Waals surface area contributed by atoms with Crippen molar-refractivity contribution < 1.29 is 9.21 Å². The Morgan fingerprint density at radius 2 is 2.20 bits per heavy atom. The van der Waals surface area contributed by atoms with Crippen LogP contribution in [0.3, 0.4) is 0 Å². The molecular weight excluding hydrogens is 274 g/mol. The second-order valence-corrected chi connectivity index (χ2v) is 5.33. The number of hydrogen-bond acceptors (Lipinski definition) is 5. The van der Waals surface area contributed by atoms with Crippen molar-refractivity contribution in [1.82, 2.24) is 10.3 Å². The Morgan fingerprint density at radius 1 is 1.45 bits per heavy atom. The molecule has 6 heteroatoms. The zero-order valence-corrected chi connectivity index (χ0v) is 12.5. The molecule has 0 atom stereocenters. The first kappa shape index (κ1) is 14.5. The van der Waals surface area contributed by atoms with Crippen LogP contribution >= 0.6 is 11.8 Å². The van der Waals surface area contributed by atoms with E-state index in [0.29, 0.717) is 23.0 Å². The van der Waals surface area contributed by atoms with Gasteiger partial charge in [-0.25, -0.2) is 4.98 Å². The summed E-state index contributed by atoms with van der Waals surface area (Å²) in [5.41, 5.74) is 7.80. The number of nitrogen functional groups attached to an aromatic ring is 1. The molecule has 2 aromatic rings. The first-order chi connectivity index (χ1) is 9.51. The maximum atomic E-state index is 12.0. The van der Waals surface area contributed by atoms with Gasteiger partial charge in [0.1, 0.15) is 5.76 Å². The number of aromatic nitrogens is 1. The Morgan fingerprint density at radius 3 is 2.80 bits per heavy atom. The van der Waals surface area contributed by atoms with Gasteiger partial charge < -0.3 is 15.5 Å². The summed E-state index contributed by atoms with van der Waals surface area (Å²) in [4.78, 5) is 17.1. The molecule has 0 spiro atoms. The zero-order valence-electron chi connectivity index (χ0n) is 11.7. The second kappa shape index (κ2) is 6.00. The van der Waals surface area contributed by atoms with Crippen molar-refractivity contribution in [2.24, 2.45) is 0 Å². The number of rotatable bonds is 4. The zero-order chi connectivity index (χ0) is 14.7. The number of oxazole rings is 1. The van der Waals surface area contributed by atoms with Gasteiger partial charge >= 0.3 is 0 Å². The lowest BCUT2D eigenvalue weighted by Gasteiger charge is -2.08. The fourth-order valence-corrected chi connectivity index (χ4v) is 2.65. The van der Waals surface area contributed by atoms with E-state index in [4.69, 9.17) is 10.2 Å². The van der Waals surface area contributed by atoms with Gasteiger partial charge in [-0.3, -0.25) is 4.79 Å². The largest absolute Gasteiger partial charge is 0.436 e. The predicted molar refractivity (Wildman–Crippen MR) is 79.0 cm³/mol. The average molecular weight is 291 g/mol. The van der Waals surface area contributed by atoms with E-state index in [1.807, 2.05) is 20.8 Å². The number of hydrogen-bond donors (Lipinski definition) is 2. The van der Waals surface area contributed by atoms with Gasteiger partial charge in [-0.15, -0.1) is 0 Å². The highest BCUT2D eigenvalue weighted by Gasteiger charge is 2.15. The molecule has 1 heterocycles. The van der Waals surface area contributed by atoms with Crippen LogP contribution in [-0.2, 0) is 0 Å². The molecule has 2 rings (SSSR count). The van der Waals surface area contributed by atoms with E-state index in [-0.39, 0.29) is 5.91 Å². The van der Waals surface area contributed by atoms with Gasteiger partial charge in [0.25, 0.3) is 11.1 Å². The summed E-state index contributed by atoms with van der Waals surface area (Å²) in [5.74, 6) is 0.644. The highest BCUT2D eigenvalue weighted by atomic mass is 32.2. The summed E-state index contributed by atoms with van der Waals surface area (Å²) in [7, 11) is 0. The number of nitrogens with one attached hydrogen (secondary N) is 1. The van der Waals surface area contributed by atoms with Gasteiger partial charge in [-0.1, -0.05) is 0 Å². The van der Waals surface area contributed by atoms with Crippen molar-refractivity contribution in [2.45, 2.75) is 30.9 Å². The molecule has 0 aliphatic carbocycles. The number of nitrogens with zero attached hydrogens (tertiary/aromatic N) is 1. The highest BCUT2D eigenvalue weighted by Crippen LogP contribution is 2.32. The monoisotopic (exact) mass is 291 g/mol. The predicted octanol–water partition coefficient (Wildman–Crippen LogP) is 2.77. The van der Waals surface area contributed by atoms with E-state index in [1.165, 1.54) is 11.8 Å². The molecule has 0 unspecified atom stereocenters. The number of carbonyl (C=O) groups excluding carboxylic acids is 1. The van der Waals surface area contributed by atoms with Crippen LogP contribution in [-0.4, -0.2) is 17.4 Å². The van der Waals surface area contributed by atoms with E-state index < -0.39 is 0 Å². The van der Waals surface area contributed by atoms with Gasteiger partial charge in [0.15, 0.2) is 0 Å². The number of amides is 1. The van der Waals surface area contributed by atoms with Gasteiger partial charge in [0.2, 0.25) is 0 Å². The minimum Gasteiger partial charge on any atom is -0.436 e. The fourth-order valence-electron chi connectivity index (χ4n) is 1.65. The number of nitrogens with two attached hydrogens (primary N) is 1. The van der Waals surface area contributed by atoms with E-state index >= 15 is 0 Å². The molecule has 20 heavy (non-hydrogen) atoms. The molecule has 0 aliphatic rings. The van der Waals surface area contributed by atoms with Crippen LogP contribution in [0.1, 0.15) is 28.7 Å². The molecule has 0 aliphatic heterocycles. The van der Waals surface area contributed by atoms with Gasteiger partial charge in [-0.05, 0) is 50.7 Å². The van der Waals surface area contributed by atoms with Crippen molar-refractivity contribution in [3.05, 3.63) is 35.2 Å². The molecule has 1 amide bonds.